The third kappa shape index (κ3) is 4.50. The molecule has 0 spiro atoms. The smallest absolute Gasteiger partial charge is 0.0108 e. The molecular formula is C19H25N. The van der Waals surface area contributed by atoms with Gasteiger partial charge >= 0.3 is 0 Å². The molecule has 0 amide bonds. The maximum Gasteiger partial charge on any atom is 0.0108 e. The van der Waals surface area contributed by atoms with E-state index in [1.807, 2.05) is 0 Å². The van der Waals surface area contributed by atoms with Crippen molar-refractivity contribution in [2.45, 2.75) is 38.6 Å². The molecule has 1 unspecified atom stereocenters. The van der Waals surface area contributed by atoms with Crippen LogP contribution in [-0.4, -0.2) is 13.1 Å². The third-order valence-corrected chi connectivity index (χ3v) is 3.95. The molecule has 2 rings (SSSR count). The zero-order chi connectivity index (χ0) is 14.2. The van der Waals surface area contributed by atoms with Crippen molar-refractivity contribution in [2.75, 3.05) is 7.05 Å². The van der Waals surface area contributed by atoms with Gasteiger partial charge in [0.2, 0.25) is 0 Å². The monoisotopic (exact) mass is 267 g/mol. The largest absolute Gasteiger partial charge is 0.317 e. The molecule has 1 heteroatoms. The molecule has 0 heterocycles. The molecule has 20 heavy (non-hydrogen) atoms. The van der Waals surface area contributed by atoms with Crippen molar-refractivity contribution in [1.82, 2.24) is 5.32 Å². The van der Waals surface area contributed by atoms with E-state index in [0.29, 0.717) is 6.04 Å². The Kier molecular flexibility index (Phi) is 5.82. The van der Waals surface area contributed by atoms with Crippen LogP contribution in [0.25, 0.3) is 0 Å². The second-order valence-electron chi connectivity index (χ2n) is 5.38. The van der Waals surface area contributed by atoms with E-state index >= 15 is 0 Å². The molecule has 106 valence electrons. The summed E-state index contributed by atoms with van der Waals surface area (Å²) in [5.74, 6) is 0. The van der Waals surface area contributed by atoms with E-state index in [4.69, 9.17) is 0 Å². The number of hydrogen-bond donors (Lipinski definition) is 1. The number of likely N-dealkylation sites (N-methyl/N-ethyl adjacent to an activating group) is 1. The highest BCUT2D eigenvalue weighted by Gasteiger charge is 2.07. The normalized spacial score (nSPS) is 12.3. The van der Waals surface area contributed by atoms with Gasteiger partial charge in [0.1, 0.15) is 0 Å². The maximum absolute atomic E-state index is 3.45. The molecule has 0 saturated carbocycles. The first-order valence-electron chi connectivity index (χ1n) is 7.60. The van der Waals surface area contributed by atoms with Crippen LogP contribution in [0.3, 0.4) is 0 Å². The van der Waals surface area contributed by atoms with E-state index < -0.39 is 0 Å². The SMILES string of the molecule is CCc1ccc(CC(CCc2ccccc2)NC)cc1. The van der Waals surface area contributed by atoms with Crippen molar-refractivity contribution in [2.24, 2.45) is 0 Å². The van der Waals surface area contributed by atoms with Gasteiger partial charge in [-0.15, -0.1) is 0 Å². The summed E-state index contributed by atoms with van der Waals surface area (Å²) in [4.78, 5) is 0. The van der Waals surface area contributed by atoms with E-state index in [1.54, 1.807) is 0 Å². The number of aryl methyl sites for hydroxylation is 2. The molecule has 0 radical (unpaired) electrons. The van der Waals surface area contributed by atoms with E-state index in [9.17, 15) is 0 Å². The van der Waals surface area contributed by atoms with Crippen molar-refractivity contribution in [3.8, 4) is 0 Å². The Morgan fingerprint density at radius 3 is 2.10 bits per heavy atom. The summed E-state index contributed by atoms with van der Waals surface area (Å²) >= 11 is 0. The lowest BCUT2D eigenvalue weighted by Crippen LogP contribution is -2.28. The molecule has 1 N–H and O–H groups in total. The minimum Gasteiger partial charge on any atom is -0.317 e. The van der Waals surface area contributed by atoms with Gasteiger partial charge in [0.15, 0.2) is 0 Å². The Labute approximate surface area is 123 Å². The standard InChI is InChI=1S/C19H25N/c1-3-16-9-11-18(12-10-16)15-19(20-2)14-13-17-7-5-4-6-8-17/h4-12,19-20H,3,13-15H2,1-2H3. The van der Waals surface area contributed by atoms with Crippen molar-refractivity contribution in [3.05, 3.63) is 71.3 Å². The fourth-order valence-corrected chi connectivity index (χ4v) is 2.53. The van der Waals surface area contributed by atoms with Gasteiger partial charge in [-0.2, -0.15) is 0 Å². The molecule has 1 nitrogen and oxygen atoms in total. The van der Waals surface area contributed by atoms with Crippen LogP contribution in [0.15, 0.2) is 54.6 Å². The average Bonchev–Trinajstić information content (AvgIpc) is 2.53. The molecule has 0 fully saturated rings. The minimum absolute atomic E-state index is 0.544. The molecular weight excluding hydrogens is 242 g/mol. The van der Waals surface area contributed by atoms with Crippen LogP contribution >= 0.6 is 0 Å². The summed E-state index contributed by atoms with van der Waals surface area (Å²) in [7, 11) is 2.07. The first kappa shape index (κ1) is 14.8. The summed E-state index contributed by atoms with van der Waals surface area (Å²) < 4.78 is 0. The van der Waals surface area contributed by atoms with Crippen LogP contribution in [0.5, 0.6) is 0 Å². The van der Waals surface area contributed by atoms with Gasteiger partial charge in [0.25, 0.3) is 0 Å². The first-order chi connectivity index (χ1) is 9.81. The van der Waals surface area contributed by atoms with Crippen molar-refractivity contribution in [3.63, 3.8) is 0 Å². The van der Waals surface area contributed by atoms with E-state index in [2.05, 4.69) is 73.9 Å². The molecule has 0 saturated heterocycles. The number of nitrogens with one attached hydrogen (secondary N) is 1. The van der Waals surface area contributed by atoms with Gasteiger partial charge < -0.3 is 5.32 Å². The Morgan fingerprint density at radius 1 is 0.850 bits per heavy atom. The quantitative estimate of drug-likeness (QED) is 0.799. The average molecular weight is 267 g/mol. The summed E-state index contributed by atoms with van der Waals surface area (Å²) in [6.07, 6.45) is 4.53. The van der Waals surface area contributed by atoms with Crippen molar-refractivity contribution >= 4 is 0 Å². The zero-order valence-corrected chi connectivity index (χ0v) is 12.6. The van der Waals surface area contributed by atoms with Crippen LogP contribution in [-0.2, 0) is 19.3 Å². The molecule has 0 aliphatic carbocycles. The van der Waals surface area contributed by atoms with E-state index in [-0.39, 0.29) is 0 Å². The van der Waals surface area contributed by atoms with Crippen LogP contribution < -0.4 is 5.32 Å². The predicted octanol–water partition coefficient (Wildman–Crippen LogP) is 4.01. The Bertz CT molecular complexity index is 487. The number of rotatable bonds is 7. The van der Waals surface area contributed by atoms with Crippen LogP contribution in [0.4, 0.5) is 0 Å². The number of benzene rings is 2. The highest BCUT2D eigenvalue weighted by molar-refractivity contribution is 5.23. The number of hydrogen-bond acceptors (Lipinski definition) is 1. The summed E-state index contributed by atoms with van der Waals surface area (Å²) in [6, 6.07) is 20.3. The lowest BCUT2D eigenvalue weighted by molar-refractivity contribution is 0.520. The highest BCUT2D eigenvalue weighted by atomic mass is 14.9. The fourth-order valence-electron chi connectivity index (χ4n) is 2.53. The minimum atomic E-state index is 0.544. The Morgan fingerprint density at radius 2 is 1.50 bits per heavy atom. The van der Waals surface area contributed by atoms with Gasteiger partial charge in [0, 0.05) is 6.04 Å². The van der Waals surface area contributed by atoms with E-state index in [1.165, 1.54) is 23.1 Å². The van der Waals surface area contributed by atoms with Gasteiger partial charge in [-0.1, -0.05) is 61.5 Å². The van der Waals surface area contributed by atoms with Crippen LogP contribution in [0, 0.1) is 0 Å². The topological polar surface area (TPSA) is 12.0 Å². The lowest BCUT2D eigenvalue weighted by atomic mass is 9.98. The summed E-state index contributed by atoms with van der Waals surface area (Å²) in [5.41, 5.74) is 4.27. The van der Waals surface area contributed by atoms with Crippen LogP contribution in [0.2, 0.25) is 0 Å². The highest BCUT2D eigenvalue weighted by Crippen LogP contribution is 2.11. The Balaban J connectivity index is 1.88. The first-order valence-corrected chi connectivity index (χ1v) is 7.60. The maximum atomic E-state index is 3.45. The predicted molar refractivity (Wildman–Crippen MR) is 87.1 cm³/mol. The third-order valence-electron chi connectivity index (χ3n) is 3.95. The van der Waals surface area contributed by atoms with Crippen molar-refractivity contribution in [1.29, 1.82) is 0 Å². The van der Waals surface area contributed by atoms with Crippen molar-refractivity contribution < 1.29 is 0 Å². The van der Waals surface area contributed by atoms with Gasteiger partial charge in [-0.05, 0) is 49.4 Å². The second kappa shape index (κ2) is 7.86. The lowest BCUT2D eigenvalue weighted by Gasteiger charge is -2.16. The Hall–Kier alpha value is -1.60. The summed E-state index contributed by atoms with van der Waals surface area (Å²) in [5, 5.41) is 3.45. The van der Waals surface area contributed by atoms with Gasteiger partial charge in [-0.3, -0.25) is 0 Å². The molecule has 1 atom stereocenters. The van der Waals surface area contributed by atoms with Gasteiger partial charge in [0.05, 0.1) is 0 Å². The van der Waals surface area contributed by atoms with Crippen LogP contribution in [0.1, 0.15) is 30.0 Å². The molecule has 0 aromatic heterocycles. The second-order valence-corrected chi connectivity index (χ2v) is 5.38. The zero-order valence-electron chi connectivity index (χ0n) is 12.6. The molecule has 2 aromatic carbocycles. The molecule has 2 aromatic rings. The molecule has 0 aliphatic heterocycles. The summed E-state index contributed by atoms with van der Waals surface area (Å²) in [6.45, 7) is 2.20. The van der Waals surface area contributed by atoms with E-state index in [0.717, 1.165) is 19.3 Å². The molecule has 0 bridgehead atoms. The van der Waals surface area contributed by atoms with Gasteiger partial charge in [-0.25, -0.2) is 0 Å². The fraction of sp³-hybridized carbons (Fsp3) is 0.368. The molecule has 0 aliphatic rings.